The first-order valence-corrected chi connectivity index (χ1v) is 7.28. The zero-order valence-corrected chi connectivity index (χ0v) is 12.5. The summed E-state index contributed by atoms with van der Waals surface area (Å²) in [6, 6.07) is 8.58. The summed E-state index contributed by atoms with van der Waals surface area (Å²) in [5, 5.41) is 3.19. The number of H-pyrrole nitrogens is 1. The molecule has 0 aliphatic carbocycles. The first-order chi connectivity index (χ1) is 9.97. The van der Waals surface area contributed by atoms with E-state index in [-0.39, 0.29) is 16.8 Å². The smallest absolute Gasteiger partial charge is 0.277 e. The molecule has 7 heteroatoms. The Balaban J connectivity index is 2.25. The molecule has 1 aromatic heterocycles. The molecule has 110 valence electrons. The standard InChI is InChI=1S/C14H16N4O2S/c1-8(2)21-14-17-11(15)10(13(20)18-14)16-12(19)9-6-4-3-5-7-9/h3-8H,1-2H3,(H,16,19)(H3,15,17,18,20). The Morgan fingerprint density at radius 2 is 2.00 bits per heavy atom. The second kappa shape index (κ2) is 6.45. The monoisotopic (exact) mass is 304 g/mol. The average molecular weight is 304 g/mol. The van der Waals surface area contributed by atoms with Crippen molar-refractivity contribution in [1.82, 2.24) is 9.97 Å². The van der Waals surface area contributed by atoms with Crippen LogP contribution in [0, 0.1) is 0 Å². The zero-order valence-electron chi connectivity index (χ0n) is 11.7. The number of nitrogens with two attached hydrogens (primary N) is 1. The van der Waals surface area contributed by atoms with Gasteiger partial charge in [-0.1, -0.05) is 43.8 Å². The number of carbonyl (C=O) groups is 1. The summed E-state index contributed by atoms with van der Waals surface area (Å²) in [7, 11) is 0. The van der Waals surface area contributed by atoms with Gasteiger partial charge in [-0.2, -0.15) is 0 Å². The van der Waals surface area contributed by atoms with Crippen LogP contribution in [-0.4, -0.2) is 21.1 Å². The number of aromatic amines is 1. The van der Waals surface area contributed by atoms with Crippen LogP contribution in [0.25, 0.3) is 0 Å². The van der Waals surface area contributed by atoms with Crippen LogP contribution in [0.2, 0.25) is 0 Å². The van der Waals surface area contributed by atoms with E-state index >= 15 is 0 Å². The van der Waals surface area contributed by atoms with Gasteiger partial charge >= 0.3 is 0 Å². The molecular weight excluding hydrogens is 288 g/mol. The zero-order chi connectivity index (χ0) is 15.4. The maximum Gasteiger partial charge on any atom is 0.277 e. The number of hydrogen-bond donors (Lipinski definition) is 3. The Hall–Kier alpha value is -2.28. The van der Waals surface area contributed by atoms with Crippen molar-refractivity contribution < 1.29 is 4.79 Å². The highest BCUT2D eigenvalue weighted by Crippen LogP contribution is 2.20. The van der Waals surface area contributed by atoms with Crippen LogP contribution >= 0.6 is 11.8 Å². The molecule has 1 aromatic carbocycles. The van der Waals surface area contributed by atoms with E-state index in [1.54, 1.807) is 30.3 Å². The first-order valence-electron chi connectivity index (χ1n) is 6.40. The fraction of sp³-hybridized carbons (Fsp3) is 0.214. The summed E-state index contributed by atoms with van der Waals surface area (Å²) in [5.41, 5.74) is 5.71. The SMILES string of the molecule is CC(C)Sc1nc(N)c(NC(=O)c2ccccc2)c(=O)[nH]1. The van der Waals surface area contributed by atoms with E-state index in [0.717, 1.165) is 0 Å². The highest BCUT2D eigenvalue weighted by molar-refractivity contribution is 7.99. The normalized spacial score (nSPS) is 10.6. The highest BCUT2D eigenvalue weighted by atomic mass is 32.2. The van der Waals surface area contributed by atoms with Crippen molar-refractivity contribution in [1.29, 1.82) is 0 Å². The van der Waals surface area contributed by atoms with E-state index in [4.69, 9.17) is 5.73 Å². The number of nitrogens with one attached hydrogen (secondary N) is 2. The number of aromatic nitrogens is 2. The van der Waals surface area contributed by atoms with E-state index in [2.05, 4.69) is 15.3 Å². The van der Waals surface area contributed by atoms with Crippen molar-refractivity contribution in [3.63, 3.8) is 0 Å². The Morgan fingerprint density at radius 3 is 2.57 bits per heavy atom. The van der Waals surface area contributed by atoms with Crippen molar-refractivity contribution in [2.75, 3.05) is 11.1 Å². The van der Waals surface area contributed by atoms with Gasteiger partial charge in [-0.05, 0) is 12.1 Å². The predicted molar refractivity (Wildman–Crippen MR) is 84.7 cm³/mol. The highest BCUT2D eigenvalue weighted by Gasteiger charge is 2.14. The summed E-state index contributed by atoms with van der Waals surface area (Å²) in [5.74, 6) is -0.398. The summed E-state index contributed by atoms with van der Waals surface area (Å²) < 4.78 is 0. The molecule has 0 saturated carbocycles. The van der Waals surface area contributed by atoms with Crippen molar-refractivity contribution in [3.8, 4) is 0 Å². The van der Waals surface area contributed by atoms with Gasteiger partial charge in [-0.3, -0.25) is 14.6 Å². The van der Waals surface area contributed by atoms with Crippen LogP contribution in [0.5, 0.6) is 0 Å². The van der Waals surface area contributed by atoms with Crippen molar-refractivity contribution in [2.24, 2.45) is 0 Å². The number of nitrogens with zero attached hydrogens (tertiary/aromatic N) is 1. The van der Waals surface area contributed by atoms with Gasteiger partial charge in [0.25, 0.3) is 11.5 Å². The minimum Gasteiger partial charge on any atom is -0.382 e. The third-order valence-corrected chi connectivity index (χ3v) is 3.44. The van der Waals surface area contributed by atoms with Gasteiger partial charge in [0.1, 0.15) is 5.69 Å². The maximum absolute atomic E-state index is 12.0. The number of rotatable bonds is 4. The average Bonchev–Trinajstić information content (AvgIpc) is 2.43. The Morgan fingerprint density at radius 1 is 1.33 bits per heavy atom. The number of benzene rings is 1. The number of nitrogen functional groups attached to an aromatic ring is 1. The summed E-state index contributed by atoms with van der Waals surface area (Å²) in [6.45, 7) is 3.96. The largest absolute Gasteiger partial charge is 0.382 e. The fourth-order valence-electron chi connectivity index (χ4n) is 1.64. The molecule has 0 aliphatic heterocycles. The Labute approximate surface area is 126 Å². The van der Waals surface area contributed by atoms with Crippen LogP contribution < -0.4 is 16.6 Å². The number of carbonyl (C=O) groups excluding carboxylic acids is 1. The van der Waals surface area contributed by atoms with Crippen molar-refractivity contribution in [2.45, 2.75) is 24.3 Å². The van der Waals surface area contributed by atoms with Gasteiger partial charge < -0.3 is 11.1 Å². The molecule has 0 saturated heterocycles. The molecule has 0 fully saturated rings. The molecule has 1 heterocycles. The quantitative estimate of drug-likeness (QED) is 0.593. The molecule has 0 unspecified atom stereocenters. The number of hydrogen-bond acceptors (Lipinski definition) is 5. The predicted octanol–water partition coefficient (Wildman–Crippen LogP) is 2.10. The van der Waals surface area contributed by atoms with Gasteiger partial charge in [0.15, 0.2) is 11.0 Å². The third-order valence-electron chi connectivity index (χ3n) is 2.55. The molecule has 6 nitrogen and oxygen atoms in total. The first kappa shape index (κ1) is 15.1. The molecular formula is C14H16N4O2S. The Kier molecular flexibility index (Phi) is 4.64. The van der Waals surface area contributed by atoms with E-state index in [9.17, 15) is 9.59 Å². The number of anilines is 2. The van der Waals surface area contributed by atoms with Crippen molar-refractivity contribution >= 4 is 29.2 Å². The third kappa shape index (κ3) is 3.85. The van der Waals surface area contributed by atoms with Crippen LogP contribution in [0.4, 0.5) is 11.5 Å². The lowest BCUT2D eigenvalue weighted by Crippen LogP contribution is -2.23. The molecule has 0 atom stereocenters. The maximum atomic E-state index is 12.0. The van der Waals surface area contributed by atoms with Crippen LogP contribution in [0.3, 0.4) is 0 Å². The van der Waals surface area contributed by atoms with E-state index in [0.29, 0.717) is 10.7 Å². The van der Waals surface area contributed by atoms with E-state index in [1.165, 1.54) is 11.8 Å². The summed E-state index contributed by atoms with van der Waals surface area (Å²) in [4.78, 5) is 30.7. The lowest BCUT2D eigenvalue weighted by molar-refractivity contribution is 0.102. The minimum atomic E-state index is -0.463. The van der Waals surface area contributed by atoms with Gasteiger partial charge in [0, 0.05) is 10.8 Å². The molecule has 4 N–H and O–H groups in total. The molecule has 0 spiro atoms. The van der Waals surface area contributed by atoms with Gasteiger partial charge in [-0.15, -0.1) is 0 Å². The molecule has 2 rings (SSSR count). The summed E-state index contributed by atoms with van der Waals surface area (Å²) in [6.07, 6.45) is 0. The molecule has 21 heavy (non-hydrogen) atoms. The molecule has 0 aliphatic rings. The van der Waals surface area contributed by atoms with Gasteiger partial charge in [-0.25, -0.2) is 4.98 Å². The second-order valence-corrected chi connectivity index (χ2v) is 6.18. The second-order valence-electron chi connectivity index (χ2n) is 4.62. The number of thioether (sulfide) groups is 1. The van der Waals surface area contributed by atoms with E-state index in [1.807, 2.05) is 13.8 Å². The van der Waals surface area contributed by atoms with Gasteiger partial charge in [0.2, 0.25) is 0 Å². The van der Waals surface area contributed by atoms with Crippen LogP contribution in [0.15, 0.2) is 40.3 Å². The Bertz CT molecular complexity index is 698. The molecule has 2 aromatic rings. The molecule has 0 bridgehead atoms. The van der Waals surface area contributed by atoms with Crippen LogP contribution in [-0.2, 0) is 0 Å². The summed E-state index contributed by atoms with van der Waals surface area (Å²) >= 11 is 1.39. The molecule has 0 radical (unpaired) electrons. The lowest BCUT2D eigenvalue weighted by Gasteiger charge is -2.09. The lowest BCUT2D eigenvalue weighted by atomic mass is 10.2. The minimum absolute atomic E-state index is 0.00572. The fourth-order valence-corrected chi connectivity index (χ4v) is 2.39. The topological polar surface area (TPSA) is 101 Å². The van der Waals surface area contributed by atoms with Crippen LogP contribution in [0.1, 0.15) is 24.2 Å². The van der Waals surface area contributed by atoms with Crippen molar-refractivity contribution in [3.05, 3.63) is 46.2 Å². The number of amides is 1. The molecule has 1 amide bonds. The van der Waals surface area contributed by atoms with E-state index < -0.39 is 11.5 Å². The van der Waals surface area contributed by atoms with Gasteiger partial charge in [0.05, 0.1) is 0 Å².